The first-order valence-corrected chi connectivity index (χ1v) is 7.28. The van der Waals surface area contributed by atoms with Gasteiger partial charge in [0.05, 0.1) is 0 Å². The molecule has 1 rings (SSSR count). The minimum Gasteiger partial charge on any atom is -1.00 e. The van der Waals surface area contributed by atoms with Crippen LogP contribution in [0.3, 0.4) is 0 Å². The van der Waals surface area contributed by atoms with Gasteiger partial charge in [-0.1, -0.05) is 0 Å². The topological polar surface area (TPSA) is 0 Å². The fraction of sp³-hybridized carbons (Fsp3) is 0.643. The Kier molecular flexibility index (Phi) is 5.26. The van der Waals surface area contributed by atoms with E-state index in [0.717, 1.165) is 0 Å². The van der Waals surface area contributed by atoms with E-state index in [0.29, 0.717) is 25.3 Å². The Bertz CT molecular complexity index is 324. The fourth-order valence-electron chi connectivity index (χ4n) is 1.37. The summed E-state index contributed by atoms with van der Waals surface area (Å²) >= 11 is 0.538. The van der Waals surface area contributed by atoms with E-state index in [9.17, 15) is 0 Å². The third-order valence-corrected chi connectivity index (χ3v) is 6.40. The summed E-state index contributed by atoms with van der Waals surface area (Å²) in [5, 5.41) is 0. The van der Waals surface area contributed by atoms with Crippen LogP contribution < -0.4 is 12.4 Å². The average molecular weight is 306 g/mol. The Morgan fingerprint density at radius 1 is 0.812 bits per heavy atom. The molecule has 2 heteroatoms. The zero-order chi connectivity index (χ0) is 11.9. The van der Waals surface area contributed by atoms with Crippen molar-refractivity contribution in [3.8, 4) is 0 Å². The molecule has 0 aliphatic carbocycles. The van der Waals surface area contributed by atoms with E-state index < -0.39 is 0 Å². The summed E-state index contributed by atoms with van der Waals surface area (Å²) in [5.74, 6) is 0. The van der Waals surface area contributed by atoms with Crippen molar-refractivity contribution in [2.45, 2.75) is 59.3 Å². The van der Waals surface area contributed by atoms with Gasteiger partial charge in [0, 0.05) is 0 Å². The van der Waals surface area contributed by atoms with Gasteiger partial charge in [0.25, 0.3) is 0 Å². The molecule has 0 fully saturated rings. The van der Waals surface area contributed by atoms with E-state index in [1.165, 1.54) is 5.56 Å². The monoisotopic (exact) mass is 306 g/mol. The smallest absolute Gasteiger partial charge is 1.00 e. The first-order valence-electron chi connectivity index (χ1n) is 5.56. The molecule has 0 aliphatic rings. The van der Waals surface area contributed by atoms with Crippen LogP contribution in [0.1, 0.15) is 56.0 Å². The van der Waals surface area contributed by atoms with E-state index in [2.05, 4.69) is 60.6 Å². The summed E-state index contributed by atoms with van der Waals surface area (Å²) in [6.45, 7) is 16.1. The van der Waals surface area contributed by atoms with Gasteiger partial charge < -0.3 is 12.4 Å². The summed E-state index contributed by atoms with van der Waals surface area (Å²) in [7, 11) is 0. The summed E-state index contributed by atoms with van der Waals surface area (Å²) in [5.41, 5.74) is 2.07. The maximum absolute atomic E-state index is 2.38. The second kappa shape index (κ2) is 5.21. The first kappa shape index (κ1) is 16.2. The van der Waals surface area contributed by atoms with Crippen LogP contribution in [0.15, 0.2) is 12.1 Å². The van der Waals surface area contributed by atoms with E-state index in [4.69, 9.17) is 0 Å². The SMILES string of the molecule is Cc1cc(C(C)(C)C)[se+]c(C(C)(C)C)c1.[Cl-]. The number of rotatable bonds is 0. The number of halogens is 1. The molecule has 0 aliphatic heterocycles. The largest absolute Gasteiger partial charge is 1.00 e. The van der Waals surface area contributed by atoms with Gasteiger partial charge in [-0.05, 0) is 0 Å². The van der Waals surface area contributed by atoms with Gasteiger partial charge in [0.15, 0.2) is 0 Å². The molecule has 0 nitrogen and oxygen atoms in total. The van der Waals surface area contributed by atoms with Gasteiger partial charge >= 0.3 is 100 Å². The van der Waals surface area contributed by atoms with Crippen LogP contribution in [0.5, 0.6) is 0 Å². The zero-order valence-corrected chi connectivity index (χ0v) is 13.9. The molecule has 0 radical (unpaired) electrons. The molecule has 0 atom stereocenters. The molecule has 1 aromatic heterocycles. The molecule has 1 heterocycles. The third-order valence-electron chi connectivity index (χ3n) is 2.42. The predicted molar refractivity (Wildman–Crippen MR) is 69.9 cm³/mol. The second-order valence-corrected chi connectivity index (χ2v) is 8.64. The van der Waals surface area contributed by atoms with Gasteiger partial charge in [-0.15, -0.1) is 0 Å². The van der Waals surface area contributed by atoms with Crippen molar-refractivity contribution in [1.82, 2.24) is 0 Å². The quantitative estimate of drug-likeness (QED) is 0.626. The standard InChI is InChI=1S/C14H23Se.ClH/c1-10-8-11(13(2,3)4)15-12(9-10)14(5,6)7;/h8-9H,1-7H3;1H/q+1;/p-1. The molecule has 0 unspecified atom stereocenters. The van der Waals surface area contributed by atoms with Gasteiger partial charge in [-0.2, -0.15) is 0 Å². The number of hydrogen-bond acceptors (Lipinski definition) is 0. The summed E-state index contributed by atoms with van der Waals surface area (Å²) in [4.78, 5) is 0. The molecule has 0 bridgehead atoms. The average Bonchev–Trinajstić information content (AvgIpc) is 1.99. The molecular formula is C14H23ClSe. The van der Waals surface area contributed by atoms with Crippen LogP contribution in [-0.2, 0) is 10.8 Å². The van der Waals surface area contributed by atoms with Crippen molar-refractivity contribution >= 4 is 14.5 Å². The molecule has 92 valence electrons. The van der Waals surface area contributed by atoms with Crippen molar-refractivity contribution in [1.29, 1.82) is 0 Å². The third kappa shape index (κ3) is 4.20. The fourth-order valence-corrected chi connectivity index (χ4v) is 4.18. The molecule has 0 saturated heterocycles. The van der Waals surface area contributed by atoms with Crippen LogP contribution in [0, 0.1) is 6.92 Å². The minimum atomic E-state index is 0. The molecule has 0 N–H and O–H groups in total. The molecule has 0 saturated carbocycles. The van der Waals surface area contributed by atoms with Crippen LogP contribution in [0.2, 0.25) is 0 Å². The zero-order valence-electron chi connectivity index (χ0n) is 11.4. The van der Waals surface area contributed by atoms with Gasteiger partial charge in [0.2, 0.25) is 0 Å². The maximum atomic E-state index is 2.38. The molecule has 0 spiro atoms. The van der Waals surface area contributed by atoms with Gasteiger partial charge in [-0.3, -0.25) is 0 Å². The van der Waals surface area contributed by atoms with E-state index >= 15 is 0 Å². The van der Waals surface area contributed by atoms with Crippen molar-refractivity contribution < 1.29 is 12.4 Å². The first-order chi connectivity index (χ1) is 6.60. The van der Waals surface area contributed by atoms with E-state index in [1.807, 2.05) is 0 Å². The number of hydrogen-bond donors (Lipinski definition) is 0. The predicted octanol–water partition coefficient (Wildman–Crippen LogP) is 0.932. The van der Waals surface area contributed by atoms with Crippen LogP contribution >= 0.6 is 0 Å². The molecular weight excluding hydrogens is 283 g/mol. The van der Waals surface area contributed by atoms with Crippen molar-refractivity contribution in [2.24, 2.45) is 0 Å². The molecule has 1 aromatic rings. The molecule has 0 aromatic carbocycles. The van der Waals surface area contributed by atoms with E-state index in [1.54, 1.807) is 8.87 Å². The van der Waals surface area contributed by atoms with E-state index in [-0.39, 0.29) is 12.4 Å². The maximum Gasteiger partial charge on any atom is -1.00 e. The normalized spacial score (nSPS) is 12.2. The second-order valence-electron chi connectivity index (χ2n) is 6.36. The molecule has 16 heavy (non-hydrogen) atoms. The van der Waals surface area contributed by atoms with Crippen LogP contribution in [0.4, 0.5) is 0 Å². The van der Waals surface area contributed by atoms with Gasteiger partial charge in [0.1, 0.15) is 0 Å². The Morgan fingerprint density at radius 3 is 1.38 bits per heavy atom. The van der Waals surface area contributed by atoms with Crippen molar-refractivity contribution in [2.75, 3.05) is 0 Å². The Hall–Kier alpha value is 0.159. The van der Waals surface area contributed by atoms with Crippen molar-refractivity contribution in [3.63, 3.8) is 0 Å². The van der Waals surface area contributed by atoms with Crippen LogP contribution in [0.25, 0.3) is 0 Å². The van der Waals surface area contributed by atoms with Crippen molar-refractivity contribution in [3.05, 3.63) is 26.6 Å². The Balaban J connectivity index is 0.00000225. The number of aryl methyl sites for hydroxylation is 1. The summed E-state index contributed by atoms with van der Waals surface area (Å²) < 4.78 is 3.25. The van der Waals surface area contributed by atoms with Gasteiger partial charge in [-0.25, -0.2) is 0 Å². The minimum absolute atomic E-state index is 0. The summed E-state index contributed by atoms with van der Waals surface area (Å²) in [6, 6.07) is 4.77. The summed E-state index contributed by atoms with van der Waals surface area (Å²) in [6.07, 6.45) is 0. The Labute approximate surface area is 113 Å². The Morgan fingerprint density at radius 2 is 1.12 bits per heavy atom. The van der Waals surface area contributed by atoms with Crippen LogP contribution in [-0.4, -0.2) is 14.5 Å². The molecule has 0 amide bonds.